The van der Waals surface area contributed by atoms with Crippen molar-refractivity contribution in [3.63, 3.8) is 0 Å². The Labute approximate surface area is 118 Å². The maximum atomic E-state index is 11.7. The van der Waals surface area contributed by atoms with Crippen LogP contribution in [0.5, 0.6) is 5.75 Å². The quantitative estimate of drug-likeness (QED) is 0.617. The lowest BCUT2D eigenvalue weighted by atomic mass is 10.1. The van der Waals surface area contributed by atoms with E-state index in [1.54, 1.807) is 6.07 Å². The fraction of sp³-hybridized carbons (Fsp3) is 0.188. The van der Waals surface area contributed by atoms with Gasteiger partial charge in [-0.3, -0.25) is 4.79 Å². The third-order valence-electron chi connectivity index (χ3n) is 2.73. The van der Waals surface area contributed by atoms with Crippen molar-refractivity contribution in [2.24, 2.45) is 0 Å². The average Bonchev–Trinajstić information content (AvgIpc) is 2.36. The van der Waals surface area contributed by atoms with Crippen molar-refractivity contribution in [2.75, 3.05) is 0 Å². The molecule has 0 N–H and O–H groups in total. The molecule has 0 unspecified atom stereocenters. The van der Waals surface area contributed by atoms with Crippen molar-refractivity contribution < 1.29 is 9.53 Å². The van der Waals surface area contributed by atoms with Crippen molar-refractivity contribution in [1.29, 1.82) is 0 Å². The second kappa shape index (κ2) is 6.39. The molecule has 0 atom stereocenters. The lowest BCUT2D eigenvalue weighted by molar-refractivity contribution is -0.134. The lowest BCUT2D eigenvalue weighted by Gasteiger charge is -2.05. The minimum atomic E-state index is -0.231. The molecular formula is C16H15ClO2. The van der Waals surface area contributed by atoms with Crippen LogP contribution in [-0.4, -0.2) is 5.97 Å². The first-order valence-electron chi connectivity index (χ1n) is 6.15. The summed E-state index contributed by atoms with van der Waals surface area (Å²) in [7, 11) is 0. The predicted octanol–water partition coefficient (Wildman–Crippen LogP) is 4.19. The fourth-order valence-corrected chi connectivity index (χ4v) is 2.01. The third kappa shape index (κ3) is 4.42. The van der Waals surface area contributed by atoms with Gasteiger partial charge in [0.2, 0.25) is 0 Å². The van der Waals surface area contributed by atoms with Crippen LogP contribution in [0.3, 0.4) is 0 Å². The van der Waals surface area contributed by atoms with Crippen LogP contribution < -0.4 is 4.74 Å². The van der Waals surface area contributed by atoms with Crippen LogP contribution >= 0.6 is 11.6 Å². The zero-order chi connectivity index (χ0) is 13.7. The second-order valence-corrected chi connectivity index (χ2v) is 4.86. The van der Waals surface area contributed by atoms with E-state index < -0.39 is 0 Å². The zero-order valence-corrected chi connectivity index (χ0v) is 11.5. The number of halogens is 1. The van der Waals surface area contributed by atoms with Gasteiger partial charge in [0, 0.05) is 11.4 Å². The van der Waals surface area contributed by atoms with E-state index in [2.05, 4.69) is 0 Å². The van der Waals surface area contributed by atoms with Gasteiger partial charge in [0.05, 0.1) is 0 Å². The van der Waals surface area contributed by atoms with Gasteiger partial charge >= 0.3 is 5.97 Å². The monoisotopic (exact) mass is 274 g/mol. The normalized spacial score (nSPS) is 10.2. The Bertz CT molecular complexity index is 578. The van der Waals surface area contributed by atoms with Crippen LogP contribution in [0.1, 0.15) is 17.5 Å². The molecule has 2 aromatic carbocycles. The number of aryl methyl sites for hydroxylation is 2. The summed E-state index contributed by atoms with van der Waals surface area (Å²) in [6.07, 6.45) is 0.972. The summed E-state index contributed by atoms with van der Waals surface area (Å²) in [4.78, 5) is 11.7. The van der Waals surface area contributed by atoms with Crippen LogP contribution in [0, 0.1) is 6.92 Å². The molecule has 2 rings (SSSR count). The summed E-state index contributed by atoms with van der Waals surface area (Å²) < 4.78 is 5.28. The van der Waals surface area contributed by atoms with E-state index in [1.165, 1.54) is 0 Å². The molecule has 0 heterocycles. The Balaban J connectivity index is 1.88. The van der Waals surface area contributed by atoms with Gasteiger partial charge in [0.25, 0.3) is 0 Å². The predicted molar refractivity (Wildman–Crippen MR) is 76.6 cm³/mol. The number of carbonyl (C=O) groups excluding carboxylic acids is 1. The van der Waals surface area contributed by atoms with E-state index in [0.29, 0.717) is 23.6 Å². The molecule has 3 heteroatoms. The third-order valence-corrected chi connectivity index (χ3v) is 2.96. The SMILES string of the molecule is Cc1cccc(OC(=O)CCc2cccc(Cl)c2)c1. The molecule has 0 saturated carbocycles. The molecular weight excluding hydrogens is 260 g/mol. The van der Waals surface area contributed by atoms with Crippen molar-refractivity contribution in [3.8, 4) is 5.75 Å². The van der Waals surface area contributed by atoms with E-state index in [0.717, 1.165) is 11.1 Å². The van der Waals surface area contributed by atoms with E-state index in [9.17, 15) is 4.79 Å². The average molecular weight is 275 g/mol. The summed E-state index contributed by atoms with van der Waals surface area (Å²) in [6.45, 7) is 1.96. The molecule has 0 aromatic heterocycles. The summed E-state index contributed by atoms with van der Waals surface area (Å²) in [5.41, 5.74) is 2.11. The molecule has 0 saturated heterocycles. The highest BCUT2D eigenvalue weighted by atomic mass is 35.5. The largest absolute Gasteiger partial charge is 0.427 e. The molecule has 0 radical (unpaired) electrons. The number of rotatable bonds is 4. The minimum Gasteiger partial charge on any atom is -0.427 e. The smallest absolute Gasteiger partial charge is 0.311 e. The Hall–Kier alpha value is -1.80. The van der Waals surface area contributed by atoms with Gasteiger partial charge in [0.15, 0.2) is 0 Å². The van der Waals surface area contributed by atoms with Crippen LogP contribution in [-0.2, 0) is 11.2 Å². The van der Waals surface area contributed by atoms with Gasteiger partial charge in [0.1, 0.15) is 5.75 Å². The minimum absolute atomic E-state index is 0.231. The number of carbonyl (C=O) groups is 1. The van der Waals surface area contributed by atoms with E-state index in [4.69, 9.17) is 16.3 Å². The maximum Gasteiger partial charge on any atom is 0.311 e. The Kier molecular flexibility index (Phi) is 4.58. The Morgan fingerprint density at radius 2 is 1.95 bits per heavy atom. The zero-order valence-electron chi connectivity index (χ0n) is 10.7. The summed E-state index contributed by atoms with van der Waals surface area (Å²) >= 11 is 5.89. The lowest BCUT2D eigenvalue weighted by Crippen LogP contribution is -2.09. The van der Waals surface area contributed by atoms with Gasteiger partial charge in [-0.05, 0) is 48.7 Å². The van der Waals surface area contributed by atoms with Gasteiger partial charge < -0.3 is 4.74 Å². The fourth-order valence-electron chi connectivity index (χ4n) is 1.80. The molecule has 0 spiro atoms. The summed E-state index contributed by atoms with van der Waals surface area (Å²) in [5.74, 6) is 0.363. The van der Waals surface area contributed by atoms with Gasteiger partial charge in [-0.1, -0.05) is 35.9 Å². The van der Waals surface area contributed by atoms with Crippen molar-refractivity contribution in [2.45, 2.75) is 19.8 Å². The molecule has 0 aliphatic heterocycles. The molecule has 2 aromatic rings. The summed E-state index contributed by atoms with van der Waals surface area (Å²) in [5, 5.41) is 0.685. The van der Waals surface area contributed by atoms with E-state index in [-0.39, 0.29) is 5.97 Å². The molecule has 98 valence electrons. The highest BCUT2D eigenvalue weighted by molar-refractivity contribution is 6.30. The van der Waals surface area contributed by atoms with E-state index >= 15 is 0 Å². The molecule has 0 bridgehead atoms. The highest BCUT2D eigenvalue weighted by Crippen LogP contribution is 2.15. The standard InChI is InChI=1S/C16H15ClO2/c1-12-4-2-7-15(10-12)19-16(18)9-8-13-5-3-6-14(17)11-13/h2-7,10-11H,8-9H2,1H3. The molecule has 19 heavy (non-hydrogen) atoms. The van der Waals surface area contributed by atoms with Gasteiger partial charge in [-0.25, -0.2) is 0 Å². The van der Waals surface area contributed by atoms with Gasteiger partial charge in [-0.15, -0.1) is 0 Å². The number of esters is 1. The summed E-state index contributed by atoms with van der Waals surface area (Å²) in [6, 6.07) is 15.0. The first-order chi connectivity index (χ1) is 9.13. The first kappa shape index (κ1) is 13.6. The van der Waals surface area contributed by atoms with Crippen molar-refractivity contribution in [3.05, 3.63) is 64.7 Å². The highest BCUT2D eigenvalue weighted by Gasteiger charge is 2.06. The molecule has 0 aliphatic rings. The number of ether oxygens (including phenoxy) is 1. The van der Waals surface area contributed by atoms with Crippen molar-refractivity contribution in [1.82, 2.24) is 0 Å². The molecule has 0 aliphatic carbocycles. The Morgan fingerprint density at radius 1 is 1.16 bits per heavy atom. The molecule has 2 nitrogen and oxygen atoms in total. The topological polar surface area (TPSA) is 26.3 Å². The number of hydrogen-bond donors (Lipinski definition) is 0. The van der Waals surface area contributed by atoms with Crippen LogP contribution in [0.25, 0.3) is 0 Å². The van der Waals surface area contributed by atoms with Crippen LogP contribution in [0.15, 0.2) is 48.5 Å². The Morgan fingerprint density at radius 3 is 2.68 bits per heavy atom. The van der Waals surface area contributed by atoms with Crippen molar-refractivity contribution >= 4 is 17.6 Å². The number of benzene rings is 2. The number of hydrogen-bond acceptors (Lipinski definition) is 2. The van der Waals surface area contributed by atoms with Gasteiger partial charge in [-0.2, -0.15) is 0 Å². The molecule has 0 amide bonds. The first-order valence-corrected chi connectivity index (χ1v) is 6.53. The molecule has 0 fully saturated rings. The van der Waals surface area contributed by atoms with E-state index in [1.807, 2.05) is 49.4 Å². The maximum absolute atomic E-state index is 11.7. The van der Waals surface area contributed by atoms with Crippen LogP contribution in [0.2, 0.25) is 5.02 Å². The van der Waals surface area contributed by atoms with Crippen LogP contribution in [0.4, 0.5) is 0 Å². The second-order valence-electron chi connectivity index (χ2n) is 4.42.